The molecule has 0 amide bonds. The highest BCUT2D eigenvalue weighted by Gasteiger charge is 2.49. The smallest absolute Gasteiger partial charge is 0.475 e. The third kappa shape index (κ3) is 9.70. The normalized spacial score (nSPS) is 18.9. The molecule has 2 aromatic heterocycles. The van der Waals surface area contributed by atoms with Crippen LogP contribution in [0.5, 0.6) is 0 Å². The highest BCUT2D eigenvalue weighted by molar-refractivity contribution is 8.01. The maximum Gasteiger partial charge on any atom is 0.490 e. The summed E-state index contributed by atoms with van der Waals surface area (Å²) in [6, 6.07) is 9.97. The lowest BCUT2D eigenvalue weighted by atomic mass is 9.93. The lowest BCUT2D eigenvalue weighted by molar-refractivity contribution is -0.193. The van der Waals surface area contributed by atoms with E-state index in [-0.39, 0.29) is 0 Å². The first-order valence-electron chi connectivity index (χ1n) is 10.2. The van der Waals surface area contributed by atoms with Crippen LogP contribution >= 0.6 is 11.8 Å². The Hall–Kier alpha value is -2.78. The first-order chi connectivity index (χ1) is 16.7. The van der Waals surface area contributed by atoms with Gasteiger partial charge in [0, 0.05) is 29.8 Å². The Kier molecular flexibility index (Phi) is 10.2. The van der Waals surface area contributed by atoms with Crippen molar-refractivity contribution in [2.24, 2.45) is 0 Å². The number of carboxylic acid groups (broad SMARTS) is 2. The fraction of sp³-hybridized carbons (Fsp3) is 0.476. The number of halogens is 6. The molecule has 36 heavy (non-hydrogen) atoms. The van der Waals surface area contributed by atoms with Crippen molar-refractivity contribution in [1.29, 1.82) is 0 Å². The number of likely N-dealkylation sites (tertiary alicyclic amines) is 1. The number of hydrogen-bond acceptors (Lipinski definition) is 7. The predicted molar refractivity (Wildman–Crippen MR) is 114 cm³/mol. The molecular weight excluding hydrogens is 522 g/mol. The van der Waals surface area contributed by atoms with Gasteiger partial charge in [-0.3, -0.25) is 9.88 Å². The van der Waals surface area contributed by atoms with Crippen LogP contribution in [0.25, 0.3) is 0 Å². The summed E-state index contributed by atoms with van der Waals surface area (Å²) in [6.45, 7) is 3.83. The Morgan fingerprint density at radius 1 is 1.08 bits per heavy atom. The second kappa shape index (κ2) is 12.5. The SMILES string of the molecule is O=C(O)C(F)(F)F.O=C(O)C(F)(F)F.c1ccc(COC2CSC3(C2)CN(Cc2ccco2)C3)nc1. The van der Waals surface area contributed by atoms with Crippen molar-refractivity contribution in [3.05, 3.63) is 54.2 Å². The topological polar surface area (TPSA) is 113 Å². The van der Waals surface area contributed by atoms with Crippen LogP contribution in [-0.2, 0) is 27.5 Å². The summed E-state index contributed by atoms with van der Waals surface area (Å²) in [6.07, 6.45) is -5.09. The van der Waals surface area contributed by atoms with E-state index in [9.17, 15) is 26.3 Å². The van der Waals surface area contributed by atoms with Crippen molar-refractivity contribution in [1.82, 2.24) is 9.88 Å². The summed E-state index contributed by atoms with van der Waals surface area (Å²) in [5.74, 6) is -3.36. The standard InChI is InChI=1S/C17H20N2O2S.2C2HF3O2/c1-2-6-18-14(4-1)10-21-16-8-17(22-11-16)12-19(13-17)9-15-5-3-7-20-15;2*3-2(4,5)1(6)7/h1-7,16H,8-13H2;2*(H,6,7). The Balaban J connectivity index is 0.000000271. The van der Waals surface area contributed by atoms with Gasteiger partial charge >= 0.3 is 24.3 Å². The van der Waals surface area contributed by atoms with Gasteiger partial charge in [0.05, 0.1) is 31.2 Å². The quantitative estimate of drug-likeness (QED) is 0.535. The third-order valence-corrected chi connectivity index (χ3v) is 6.41. The molecule has 1 unspecified atom stereocenters. The zero-order chi connectivity index (χ0) is 27.0. The number of carboxylic acids is 2. The molecule has 0 saturated carbocycles. The monoisotopic (exact) mass is 544 g/mol. The molecule has 2 N–H and O–H groups in total. The number of rotatable bonds is 5. The molecule has 1 atom stereocenters. The molecule has 15 heteroatoms. The Morgan fingerprint density at radius 2 is 1.69 bits per heavy atom. The van der Waals surface area contributed by atoms with Crippen molar-refractivity contribution in [2.45, 2.75) is 42.8 Å². The van der Waals surface area contributed by atoms with E-state index >= 15 is 0 Å². The van der Waals surface area contributed by atoms with Gasteiger partial charge in [-0.05, 0) is 30.7 Å². The highest BCUT2D eigenvalue weighted by atomic mass is 32.2. The Bertz CT molecular complexity index is 942. The minimum atomic E-state index is -5.08. The molecular formula is C21H22F6N2O6S. The van der Waals surface area contributed by atoms with E-state index in [1.54, 1.807) is 6.26 Å². The second-order valence-corrected chi connectivity index (χ2v) is 9.27. The zero-order valence-corrected chi connectivity index (χ0v) is 19.3. The van der Waals surface area contributed by atoms with Crippen LogP contribution in [0, 0.1) is 0 Å². The van der Waals surface area contributed by atoms with E-state index in [2.05, 4.69) is 21.6 Å². The van der Waals surface area contributed by atoms with Gasteiger partial charge in [-0.15, -0.1) is 11.8 Å². The van der Waals surface area contributed by atoms with Gasteiger partial charge < -0.3 is 19.4 Å². The minimum Gasteiger partial charge on any atom is -0.475 e. The molecule has 2 aliphatic rings. The van der Waals surface area contributed by atoms with Crippen molar-refractivity contribution in [3.63, 3.8) is 0 Å². The number of ether oxygens (including phenoxy) is 1. The van der Waals surface area contributed by atoms with Crippen molar-refractivity contribution in [2.75, 3.05) is 18.8 Å². The third-order valence-electron chi connectivity index (χ3n) is 4.84. The average Bonchev–Trinajstić information content (AvgIpc) is 3.43. The summed E-state index contributed by atoms with van der Waals surface area (Å²) in [5, 5.41) is 14.2. The van der Waals surface area contributed by atoms with Crippen LogP contribution in [0.4, 0.5) is 26.3 Å². The van der Waals surface area contributed by atoms with Crippen molar-refractivity contribution in [3.8, 4) is 0 Å². The lowest BCUT2D eigenvalue weighted by Crippen LogP contribution is -2.58. The molecule has 1 spiro atoms. The fourth-order valence-corrected chi connectivity index (χ4v) is 4.93. The predicted octanol–water partition coefficient (Wildman–Crippen LogP) is 4.22. The second-order valence-electron chi connectivity index (χ2n) is 7.78. The number of carbonyl (C=O) groups is 2. The number of furan rings is 1. The fourth-order valence-electron chi connectivity index (χ4n) is 3.32. The van der Waals surface area contributed by atoms with Gasteiger partial charge in [-0.1, -0.05) is 6.07 Å². The van der Waals surface area contributed by atoms with Gasteiger partial charge in [-0.2, -0.15) is 26.3 Å². The molecule has 0 aliphatic carbocycles. The molecule has 0 bridgehead atoms. The molecule has 0 radical (unpaired) electrons. The summed E-state index contributed by atoms with van der Waals surface area (Å²) in [7, 11) is 0. The number of alkyl halides is 6. The Morgan fingerprint density at radius 3 is 2.17 bits per heavy atom. The van der Waals surface area contributed by atoms with Crippen molar-refractivity contribution >= 4 is 23.7 Å². The molecule has 200 valence electrons. The number of aromatic nitrogens is 1. The van der Waals surface area contributed by atoms with Crippen LogP contribution in [-0.4, -0.2) is 74.1 Å². The molecule has 0 aromatic carbocycles. The number of pyridine rings is 1. The van der Waals surface area contributed by atoms with Crippen LogP contribution in [0.2, 0.25) is 0 Å². The lowest BCUT2D eigenvalue weighted by Gasteiger charge is -2.47. The maximum atomic E-state index is 10.6. The van der Waals surface area contributed by atoms with Crippen LogP contribution in [0.3, 0.4) is 0 Å². The maximum absolute atomic E-state index is 10.6. The van der Waals surface area contributed by atoms with E-state index < -0.39 is 24.3 Å². The molecule has 2 fully saturated rings. The molecule has 2 aliphatic heterocycles. The van der Waals surface area contributed by atoms with E-state index in [0.29, 0.717) is 17.5 Å². The average molecular weight is 544 g/mol. The summed E-state index contributed by atoms with van der Waals surface area (Å²) >= 11 is 2.07. The van der Waals surface area contributed by atoms with Crippen LogP contribution in [0.15, 0.2) is 47.2 Å². The molecule has 4 heterocycles. The zero-order valence-electron chi connectivity index (χ0n) is 18.5. The largest absolute Gasteiger partial charge is 0.490 e. The highest BCUT2D eigenvalue weighted by Crippen LogP contribution is 2.46. The summed E-state index contributed by atoms with van der Waals surface area (Å²) < 4.78 is 75.3. The molecule has 2 aromatic rings. The Labute approximate surface area is 205 Å². The summed E-state index contributed by atoms with van der Waals surface area (Å²) in [4.78, 5) is 24.6. The molecule has 2 saturated heterocycles. The van der Waals surface area contributed by atoms with E-state index in [0.717, 1.165) is 43.3 Å². The number of thioether (sulfide) groups is 1. The van der Waals surface area contributed by atoms with Crippen LogP contribution < -0.4 is 0 Å². The van der Waals surface area contributed by atoms with Gasteiger partial charge in [0.15, 0.2) is 0 Å². The molecule has 8 nitrogen and oxygen atoms in total. The first kappa shape index (κ1) is 29.5. The first-order valence-corrected chi connectivity index (χ1v) is 11.2. The number of nitrogens with zero attached hydrogens (tertiary/aromatic N) is 2. The molecule has 4 rings (SSSR count). The minimum absolute atomic E-state index is 0.359. The van der Waals surface area contributed by atoms with Gasteiger partial charge in [0.25, 0.3) is 0 Å². The van der Waals surface area contributed by atoms with E-state index in [4.69, 9.17) is 29.0 Å². The number of hydrogen-bond donors (Lipinski definition) is 2. The van der Waals surface area contributed by atoms with Gasteiger partial charge in [0.2, 0.25) is 0 Å². The van der Waals surface area contributed by atoms with Crippen LogP contribution in [0.1, 0.15) is 17.9 Å². The van der Waals surface area contributed by atoms with E-state index in [1.807, 2.05) is 36.5 Å². The van der Waals surface area contributed by atoms with Crippen molar-refractivity contribution < 1.29 is 55.3 Å². The van der Waals surface area contributed by atoms with Gasteiger partial charge in [0.1, 0.15) is 5.76 Å². The van der Waals surface area contributed by atoms with Gasteiger partial charge in [-0.25, -0.2) is 9.59 Å². The van der Waals surface area contributed by atoms with E-state index in [1.165, 1.54) is 0 Å². The summed E-state index contributed by atoms with van der Waals surface area (Å²) in [5.41, 5.74) is 1.02. The number of aliphatic carboxylic acids is 2.